The molecule has 1 unspecified atom stereocenters. The fourth-order valence-electron chi connectivity index (χ4n) is 4.57. The maximum Gasteiger partial charge on any atom is 0.329 e. The van der Waals surface area contributed by atoms with Crippen molar-refractivity contribution in [3.05, 3.63) is 88.7 Å². The zero-order valence-electron chi connectivity index (χ0n) is 20.3. The van der Waals surface area contributed by atoms with Crippen molar-refractivity contribution in [1.29, 1.82) is 0 Å². The lowest BCUT2D eigenvalue weighted by Crippen LogP contribution is -2.46. The number of aryl methyl sites for hydroxylation is 1. The summed E-state index contributed by atoms with van der Waals surface area (Å²) in [5.74, 6) is -2.15. The summed E-state index contributed by atoms with van der Waals surface area (Å²) in [6.07, 6.45) is 0.237. The van der Waals surface area contributed by atoms with E-state index in [4.69, 9.17) is 4.74 Å². The van der Waals surface area contributed by atoms with E-state index in [1.54, 1.807) is 30.3 Å². The second-order valence-electron chi connectivity index (χ2n) is 9.16. The van der Waals surface area contributed by atoms with Crippen molar-refractivity contribution < 1.29 is 23.9 Å². The minimum atomic E-state index is -1.10. The standard InChI is InChI=1S/C28H28N2O5/c1-17(2)14-24(30-26(32)21-12-8-9-13-22(21)27(30)33)28(34)35-16-25(31)23-15-18(3)29(19(23)4)20-10-6-5-7-11-20/h5-13,15,17,24H,14,16H2,1-4H3. The number of imide groups is 1. The van der Waals surface area contributed by atoms with Gasteiger partial charge in [-0.1, -0.05) is 44.2 Å². The second-order valence-corrected chi connectivity index (χ2v) is 9.16. The zero-order valence-corrected chi connectivity index (χ0v) is 20.3. The Hall–Kier alpha value is -4.00. The van der Waals surface area contributed by atoms with E-state index >= 15 is 0 Å². The Kier molecular flexibility index (Phi) is 6.69. The molecule has 2 aromatic carbocycles. The van der Waals surface area contributed by atoms with E-state index in [2.05, 4.69) is 0 Å². The van der Waals surface area contributed by atoms with Crippen LogP contribution in [0, 0.1) is 19.8 Å². The molecule has 1 aliphatic heterocycles. The van der Waals surface area contributed by atoms with Crippen LogP contribution in [0.5, 0.6) is 0 Å². The Morgan fingerprint density at radius 1 is 0.886 bits per heavy atom. The number of rotatable bonds is 8. The van der Waals surface area contributed by atoms with E-state index in [1.165, 1.54) is 0 Å². The Balaban J connectivity index is 1.52. The molecule has 0 saturated heterocycles. The van der Waals surface area contributed by atoms with Gasteiger partial charge in [-0.3, -0.25) is 19.3 Å². The maximum atomic E-state index is 13.1. The number of fused-ring (bicyclic) bond motifs is 1. The Labute approximate surface area is 204 Å². The van der Waals surface area contributed by atoms with E-state index in [-0.39, 0.29) is 29.2 Å². The lowest BCUT2D eigenvalue weighted by molar-refractivity contribution is -0.147. The van der Waals surface area contributed by atoms with Crippen molar-refractivity contribution in [1.82, 2.24) is 9.47 Å². The highest BCUT2D eigenvalue weighted by Gasteiger charge is 2.43. The van der Waals surface area contributed by atoms with Gasteiger partial charge in [0.2, 0.25) is 5.78 Å². The number of aromatic nitrogens is 1. The third kappa shape index (κ3) is 4.54. The summed E-state index contributed by atoms with van der Waals surface area (Å²) in [7, 11) is 0. The molecule has 4 rings (SSSR count). The number of Topliss-reactive ketones (excluding diaryl/α,β-unsaturated/α-hetero) is 1. The van der Waals surface area contributed by atoms with Crippen molar-refractivity contribution in [3.8, 4) is 5.69 Å². The number of esters is 1. The lowest BCUT2D eigenvalue weighted by Gasteiger charge is -2.25. The molecule has 35 heavy (non-hydrogen) atoms. The maximum absolute atomic E-state index is 13.1. The van der Waals surface area contributed by atoms with Gasteiger partial charge in [0.1, 0.15) is 6.04 Å². The zero-order chi connectivity index (χ0) is 25.3. The van der Waals surface area contributed by atoms with Gasteiger partial charge in [-0.25, -0.2) is 4.79 Å². The SMILES string of the molecule is Cc1cc(C(=O)COC(=O)C(CC(C)C)N2C(=O)c3ccccc3C2=O)c(C)n1-c1ccccc1. The molecule has 2 amide bonds. The number of ketones is 1. The molecule has 0 radical (unpaired) electrons. The molecule has 7 nitrogen and oxygen atoms in total. The number of hydrogen-bond donors (Lipinski definition) is 0. The van der Waals surface area contributed by atoms with Gasteiger partial charge < -0.3 is 9.30 Å². The normalized spacial score (nSPS) is 13.8. The molecule has 0 aliphatic carbocycles. The molecule has 0 saturated carbocycles. The van der Waals surface area contributed by atoms with Crippen LogP contribution in [0.25, 0.3) is 5.69 Å². The number of carbonyl (C=O) groups excluding carboxylic acids is 4. The third-order valence-electron chi connectivity index (χ3n) is 6.20. The molecular formula is C28H28N2O5. The van der Waals surface area contributed by atoms with Gasteiger partial charge in [0.15, 0.2) is 6.61 Å². The van der Waals surface area contributed by atoms with Gasteiger partial charge in [-0.2, -0.15) is 0 Å². The van der Waals surface area contributed by atoms with E-state index in [0.29, 0.717) is 5.56 Å². The van der Waals surface area contributed by atoms with Crippen LogP contribution in [0.15, 0.2) is 60.7 Å². The Bertz CT molecular complexity index is 1270. The van der Waals surface area contributed by atoms with Crippen LogP contribution < -0.4 is 0 Å². The number of ether oxygens (including phenoxy) is 1. The summed E-state index contributed by atoms with van der Waals surface area (Å²) >= 11 is 0. The first-order valence-corrected chi connectivity index (χ1v) is 11.6. The summed E-state index contributed by atoms with van der Waals surface area (Å²) < 4.78 is 7.36. The number of para-hydroxylation sites is 1. The highest BCUT2D eigenvalue weighted by Crippen LogP contribution is 2.28. The van der Waals surface area contributed by atoms with Gasteiger partial charge in [0, 0.05) is 22.6 Å². The van der Waals surface area contributed by atoms with E-state index < -0.39 is 30.4 Å². The van der Waals surface area contributed by atoms with E-state index in [0.717, 1.165) is 22.0 Å². The summed E-state index contributed by atoms with van der Waals surface area (Å²) in [5, 5.41) is 0. The first-order valence-electron chi connectivity index (χ1n) is 11.6. The molecule has 1 aromatic heterocycles. The fraction of sp³-hybridized carbons (Fsp3) is 0.286. The van der Waals surface area contributed by atoms with Crippen LogP contribution in [-0.4, -0.2) is 45.7 Å². The fourth-order valence-corrected chi connectivity index (χ4v) is 4.57. The number of nitrogens with zero attached hydrogens (tertiary/aromatic N) is 2. The number of hydrogen-bond acceptors (Lipinski definition) is 5. The van der Waals surface area contributed by atoms with Gasteiger partial charge in [0.05, 0.1) is 11.1 Å². The highest BCUT2D eigenvalue weighted by atomic mass is 16.5. The molecule has 2 heterocycles. The summed E-state index contributed by atoms with van der Waals surface area (Å²) in [5.41, 5.74) is 3.55. The molecule has 7 heteroatoms. The predicted molar refractivity (Wildman–Crippen MR) is 131 cm³/mol. The van der Waals surface area contributed by atoms with Crippen molar-refractivity contribution in [2.24, 2.45) is 5.92 Å². The quantitative estimate of drug-likeness (QED) is 0.273. The molecule has 180 valence electrons. The van der Waals surface area contributed by atoms with Crippen LogP contribution in [-0.2, 0) is 9.53 Å². The van der Waals surface area contributed by atoms with Crippen LogP contribution in [0.3, 0.4) is 0 Å². The molecule has 0 N–H and O–H groups in total. The average molecular weight is 473 g/mol. The topological polar surface area (TPSA) is 85.7 Å². The van der Waals surface area contributed by atoms with Gasteiger partial charge in [-0.15, -0.1) is 0 Å². The van der Waals surface area contributed by atoms with Crippen LogP contribution in [0.4, 0.5) is 0 Å². The first-order chi connectivity index (χ1) is 16.7. The molecule has 0 bridgehead atoms. The lowest BCUT2D eigenvalue weighted by atomic mass is 10.0. The van der Waals surface area contributed by atoms with Crippen molar-refractivity contribution in [2.75, 3.05) is 6.61 Å². The van der Waals surface area contributed by atoms with Crippen molar-refractivity contribution >= 4 is 23.6 Å². The number of amides is 2. The Morgan fingerprint density at radius 2 is 1.46 bits per heavy atom. The smallest absolute Gasteiger partial charge is 0.329 e. The molecule has 0 fully saturated rings. The predicted octanol–water partition coefficient (Wildman–Crippen LogP) is 4.53. The van der Waals surface area contributed by atoms with E-state index in [1.807, 2.05) is 62.6 Å². The molecular weight excluding hydrogens is 444 g/mol. The highest BCUT2D eigenvalue weighted by molar-refractivity contribution is 6.22. The van der Waals surface area contributed by atoms with Crippen LogP contribution in [0.2, 0.25) is 0 Å². The summed E-state index contributed by atoms with van der Waals surface area (Å²) in [6.45, 7) is 7.05. The summed E-state index contributed by atoms with van der Waals surface area (Å²) in [6, 6.07) is 16.8. The Morgan fingerprint density at radius 3 is 2.03 bits per heavy atom. The minimum Gasteiger partial charge on any atom is -0.456 e. The van der Waals surface area contributed by atoms with Gasteiger partial charge in [0.25, 0.3) is 11.8 Å². The number of carbonyl (C=O) groups is 4. The van der Waals surface area contributed by atoms with Crippen molar-refractivity contribution in [2.45, 2.75) is 40.2 Å². The monoisotopic (exact) mass is 472 g/mol. The minimum absolute atomic E-state index is 0.0114. The molecule has 3 aromatic rings. The largest absolute Gasteiger partial charge is 0.456 e. The molecule has 1 aliphatic rings. The third-order valence-corrected chi connectivity index (χ3v) is 6.20. The van der Waals surface area contributed by atoms with Gasteiger partial charge >= 0.3 is 5.97 Å². The van der Waals surface area contributed by atoms with E-state index in [9.17, 15) is 19.2 Å². The average Bonchev–Trinajstić information content (AvgIpc) is 3.28. The second kappa shape index (κ2) is 9.70. The molecule has 1 atom stereocenters. The first kappa shape index (κ1) is 24.1. The molecule has 0 spiro atoms. The van der Waals surface area contributed by atoms with Crippen LogP contribution in [0.1, 0.15) is 62.7 Å². The van der Waals surface area contributed by atoms with Gasteiger partial charge in [-0.05, 0) is 56.5 Å². The van der Waals surface area contributed by atoms with Crippen LogP contribution >= 0.6 is 0 Å². The van der Waals surface area contributed by atoms with Crippen molar-refractivity contribution in [3.63, 3.8) is 0 Å². The summed E-state index contributed by atoms with van der Waals surface area (Å²) in [4.78, 5) is 53.0. The number of benzene rings is 2.